The van der Waals surface area contributed by atoms with Crippen LogP contribution in [0.15, 0.2) is 54.7 Å². The van der Waals surface area contributed by atoms with E-state index >= 15 is 0 Å². The van der Waals surface area contributed by atoms with Crippen molar-refractivity contribution >= 4 is 11.5 Å². The molecule has 0 bridgehead atoms. The molecule has 0 atom stereocenters. The molecule has 2 heterocycles. The van der Waals surface area contributed by atoms with Crippen LogP contribution in [0.4, 0.5) is 4.39 Å². The Labute approximate surface area is 115 Å². The molecule has 20 heavy (non-hydrogen) atoms. The van der Waals surface area contributed by atoms with E-state index in [-0.39, 0.29) is 11.8 Å². The van der Waals surface area contributed by atoms with Crippen LogP contribution in [-0.2, 0) is 4.74 Å². The molecule has 100 valence electrons. The van der Waals surface area contributed by atoms with E-state index in [1.807, 2.05) is 28.8 Å². The van der Waals surface area contributed by atoms with E-state index in [1.165, 1.54) is 19.2 Å². The fraction of sp³-hybridized carbons (Fsp3) is 0.0625. The van der Waals surface area contributed by atoms with E-state index in [0.29, 0.717) is 5.56 Å². The molecule has 0 unspecified atom stereocenters. The monoisotopic (exact) mass is 269 g/mol. The van der Waals surface area contributed by atoms with Gasteiger partial charge in [0.25, 0.3) is 0 Å². The molecule has 0 radical (unpaired) electrons. The van der Waals surface area contributed by atoms with Crippen LogP contribution in [0.25, 0.3) is 16.8 Å². The molecule has 0 fully saturated rings. The normalized spacial score (nSPS) is 10.7. The van der Waals surface area contributed by atoms with Crippen LogP contribution in [0, 0.1) is 5.82 Å². The highest BCUT2D eigenvalue weighted by molar-refractivity contribution is 5.99. The molecular formula is C16H12FNO2. The first-order valence-electron chi connectivity index (χ1n) is 6.15. The van der Waals surface area contributed by atoms with Gasteiger partial charge in [0.15, 0.2) is 0 Å². The van der Waals surface area contributed by atoms with E-state index in [9.17, 15) is 9.18 Å². The fourth-order valence-electron chi connectivity index (χ4n) is 2.27. The number of nitrogens with zero attached hydrogens (tertiary/aromatic N) is 1. The number of benzene rings is 1. The lowest BCUT2D eigenvalue weighted by Crippen LogP contribution is -1.99. The lowest BCUT2D eigenvalue weighted by molar-refractivity contribution is 0.0603. The number of fused-ring (bicyclic) bond motifs is 1. The fourth-order valence-corrected chi connectivity index (χ4v) is 2.27. The van der Waals surface area contributed by atoms with Crippen molar-refractivity contribution in [1.29, 1.82) is 0 Å². The maximum atomic E-state index is 13.0. The Kier molecular flexibility index (Phi) is 2.99. The average molecular weight is 269 g/mol. The third-order valence-electron chi connectivity index (χ3n) is 3.22. The molecule has 0 N–H and O–H groups in total. The molecule has 0 amide bonds. The van der Waals surface area contributed by atoms with Gasteiger partial charge in [0.1, 0.15) is 5.82 Å². The highest BCUT2D eigenvalue weighted by Gasteiger charge is 2.16. The first-order valence-corrected chi connectivity index (χ1v) is 6.15. The lowest BCUT2D eigenvalue weighted by atomic mass is 10.1. The standard InChI is InChI=1S/C16H12FNO2/c1-20-16(19)13-10-15(11-5-7-12(17)8-6-11)18-9-3-2-4-14(13)18/h2-10H,1H3. The summed E-state index contributed by atoms with van der Waals surface area (Å²) in [7, 11) is 1.35. The minimum atomic E-state index is -0.387. The van der Waals surface area contributed by atoms with Gasteiger partial charge in [-0.05, 0) is 48.0 Å². The highest BCUT2D eigenvalue weighted by Crippen LogP contribution is 2.26. The zero-order valence-electron chi connectivity index (χ0n) is 10.8. The number of methoxy groups -OCH3 is 1. The molecule has 3 nitrogen and oxygen atoms in total. The van der Waals surface area contributed by atoms with E-state index in [1.54, 1.807) is 18.2 Å². The Balaban J connectivity index is 2.26. The topological polar surface area (TPSA) is 30.7 Å². The van der Waals surface area contributed by atoms with Crippen LogP contribution in [0.2, 0.25) is 0 Å². The summed E-state index contributed by atoms with van der Waals surface area (Å²) in [5, 5.41) is 0. The summed E-state index contributed by atoms with van der Waals surface area (Å²) in [4.78, 5) is 11.8. The van der Waals surface area contributed by atoms with E-state index in [4.69, 9.17) is 4.74 Å². The van der Waals surface area contributed by atoms with Crippen molar-refractivity contribution in [2.45, 2.75) is 0 Å². The van der Waals surface area contributed by atoms with Crippen LogP contribution in [-0.4, -0.2) is 17.5 Å². The SMILES string of the molecule is COC(=O)c1cc(-c2ccc(F)cc2)n2ccccc12. The molecule has 0 saturated heterocycles. The summed E-state index contributed by atoms with van der Waals surface area (Å²) < 4.78 is 19.7. The third kappa shape index (κ3) is 1.95. The summed E-state index contributed by atoms with van der Waals surface area (Å²) in [5.74, 6) is -0.676. The molecule has 3 aromatic rings. The van der Waals surface area contributed by atoms with Crippen molar-refractivity contribution in [2.24, 2.45) is 0 Å². The van der Waals surface area contributed by atoms with Crippen LogP contribution >= 0.6 is 0 Å². The molecule has 0 saturated carbocycles. The van der Waals surface area contributed by atoms with Gasteiger partial charge in [0, 0.05) is 6.20 Å². The predicted octanol–water partition coefficient (Wildman–Crippen LogP) is 3.53. The van der Waals surface area contributed by atoms with Crippen molar-refractivity contribution < 1.29 is 13.9 Å². The van der Waals surface area contributed by atoms with Crippen molar-refractivity contribution in [3.63, 3.8) is 0 Å². The zero-order chi connectivity index (χ0) is 14.1. The quantitative estimate of drug-likeness (QED) is 0.666. The number of pyridine rings is 1. The Bertz CT molecular complexity index is 775. The van der Waals surface area contributed by atoms with Crippen LogP contribution in [0.1, 0.15) is 10.4 Å². The average Bonchev–Trinajstić information content (AvgIpc) is 2.87. The first kappa shape index (κ1) is 12.4. The second-order valence-corrected chi connectivity index (χ2v) is 4.40. The van der Waals surface area contributed by atoms with Crippen LogP contribution in [0.5, 0.6) is 0 Å². The maximum Gasteiger partial charge on any atom is 0.340 e. The summed E-state index contributed by atoms with van der Waals surface area (Å²) in [6.45, 7) is 0. The lowest BCUT2D eigenvalue weighted by Gasteiger charge is -2.02. The number of halogens is 1. The van der Waals surface area contributed by atoms with Crippen LogP contribution in [0.3, 0.4) is 0 Å². The number of rotatable bonds is 2. The third-order valence-corrected chi connectivity index (χ3v) is 3.22. The molecule has 3 rings (SSSR count). The number of aromatic nitrogens is 1. The van der Waals surface area contributed by atoms with Gasteiger partial charge in [-0.25, -0.2) is 9.18 Å². The molecule has 2 aromatic heterocycles. The molecule has 0 spiro atoms. The summed E-state index contributed by atoms with van der Waals surface area (Å²) in [5.41, 5.74) is 2.91. The molecule has 0 aliphatic rings. The zero-order valence-corrected chi connectivity index (χ0v) is 10.8. The van der Waals surface area contributed by atoms with Crippen LogP contribution < -0.4 is 0 Å². The largest absolute Gasteiger partial charge is 0.465 e. The summed E-state index contributed by atoms with van der Waals surface area (Å²) >= 11 is 0. The smallest absolute Gasteiger partial charge is 0.340 e. The van der Waals surface area contributed by atoms with Gasteiger partial charge in [-0.2, -0.15) is 0 Å². The van der Waals surface area contributed by atoms with Gasteiger partial charge < -0.3 is 9.14 Å². The second kappa shape index (κ2) is 4.81. The van der Waals surface area contributed by atoms with Gasteiger partial charge in [-0.15, -0.1) is 0 Å². The van der Waals surface area contributed by atoms with E-state index in [2.05, 4.69) is 0 Å². The number of hydrogen-bond acceptors (Lipinski definition) is 2. The highest BCUT2D eigenvalue weighted by atomic mass is 19.1. The Morgan fingerprint density at radius 2 is 1.90 bits per heavy atom. The van der Waals surface area contributed by atoms with E-state index < -0.39 is 0 Å². The molecular weight excluding hydrogens is 257 g/mol. The van der Waals surface area contributed by atoms with Crippen molar-refractivity contribution in [3.8, 4) is 11.3 Å². The molecule has 1 aromatic carbocycles. The number of carbonyl (C=O) groups excluding carboxylic acids is 1. The van der Waals surface area contributed by atoms with Gasteiger partial charge in [0.2, 0.25) is 0 Å². The minimum absolute atomic E-state index is 0.289. The Hall–Kier alpha value is -2.62. The molecule has 0 aliphatic heterocycles. The van der Waals surface area contributed by atoms with Gasteiger partial charge in [-0.1, -0.05) is 6.07 Å². The van der Waals surface area contributed by atoms with Crippen molar-refractivity contribution in [2.75, 3.05) is 7.11 Å². The minimum Gasteiger partial charge on any atom is -0.465 e. The number of hydrogen-bond donors (Lipinski definition) is 0. The number of esters is 1. The molecule has 0 aliphatic carbocycles. The second-order valence-electron chi connectivity index (χ2n) is 4.40. The van der Waals surface area contributed by atoms with Gasteiger partial charge in [0.05, 0.1) is 23.9 Å². The Morgan fingerprint density at radius 3 is 2.60 bits per heavy atom. The van der Waals surface area contributed by atoms with Gasteiger partial charge in [-0.3, -0.25) is 0 Å². The molecule has 4 heteroatoms. The van der Waals surface area contributed by atoms with Crippen molar-refractivity contribution in [1.82, 2.24) is 4.40 Å². The van der Waals surface area contributed by atoms with Crippen molar-refractivity contribution in [3.05, 3.63) is 66.1 Å². The number of ether oxygens (including phenoxy) is 1. The Morgan fingerprint density at radius 1 is 1.15 bits per heavy atom. The summed E-state index contributed by atoms with van der Waals surface area (Å²) in [6.07, 6.45) is 1.86. The summed E-state index contributed by atoms with van der Waals surface area (Å²) in [6, 6.07) is 13.5. The maximum absolute atomic E-state index is 13.0. The van der Waals surface area contributed by atoms with Gasteiger partial charge >= 0.3 is 5.97 Å². The predicted molar refractivity (Wildman–Crippen MR) is 74.1 cm³/mol. The number of carbonyl (C=O) groups is 1. The first-order chi connectivity index (χ1) is 9.70. The van der Waals surface area contributed by atoms with E-state index in [0.717, 1.165) is 16.8 Å².